The van der Waals surface area contributed by atoms with Gasteiger partial charge in [0.2, 0.25) is 0 Å². The predicted molar refractivity (Wildman–Crippen MR) is 91.9 cm³/mol. The van der Waals surface area contributed by atoms with Gasteiger partial charge in [0, 0.05) is 11.8 Å². The Bertz CT molecular complexity index is 347. The minimum atomic E-state index is 0.437. The van der Waals surface area contributed by atoms with Crippen molar-refractivity contribution >= 4 is 11.9 Å². The molecule has 0 amide bonds. The molecular weight excluding hydrogens is 264 g/mol. The second kappa shape index (κ2) is 10.3. The van der Waals surface area contributed by atoms with Gasteiger partial charge in [0.1, 0.15) is 0 Å². The number of nitrogens with one attached hydrogen (secondary N) is 1. The molecule has 0 radical (unpaired) electrons. The normalized spacial score (nSPS) is 15.4. The van der Waals surface area contributed by atoms with Gasteiger partial charge in [-0.15, -0.1) is 0 Å². The summed E-state index contributed by atoms with van der Waals surface area (Å²) < 4.78 is 3.47. The molecule has 2 nitrogen and oxygen atoms in total. The zero-order chi connectivity index (χ0) is 14.8. The highest BCUT2D eigenvalue weighted by Crippen LogP contribution is 2.26. The van der Waals surface area contributed by atoms with Gasteiger partial charge < -0.3 is 5.73 Å². The first-order valence-corrected chi connectivity index (χ1v) is 8.79. The Labute approximate surface area is 129 Å². The van der Waals surface area contributed by atoms with Crippen LogP contribution in [0.1, 0.15) is 56.7 Å². The largest absolute Gasteiger partial charge is 0.330 e. The van der Waals surface area contributed by atoms with Crippen molar-refractivity contribution in [1.82, 2.24) is 4.72 Å². The number of benzene rings is 1. The SMILES string of the molecule is CCCCSN[C@@H](C)c1ccc(C)cc1.NCC1CC1. The zero-order valence-corrected chi connectivity index (χ0v) is 14.0. The molecule has 0 unspecified atom stereocenters. The first-order chi connectivity index (χ1) is 9.67. The predicted octanol–water partition coefficient (Wildman–Crippen LogP) is 4.45. The number of hydrogen-bond donors (Lipinski definition) is 2. The lowest BCUT2D eigenvalue weighted by Crippen LogP contribution is -2.10. The summed E-state index contributed by atoms with van der Waals surface area (Å²) in [5.74, 6) is 2.11. The second-order valence-corrected chi connectivity index (χ2v) is 6.56. The van der Waals surface area contributed by atoms with E-state index in [1.807, 2.05) is 11.9 Å². The van der Waals surface area contributed by atoms with Crippen molar-refractivity contribution in [3.63, 3.8) is 0 Å². The molecule has 114 valence electrons. The third kappa shape index (κ3) is 7.93. The lowest BCUT2D eigenvalue weighted by molar-refractivity contribution is 0.751. The van der Waals surface area contributed by atoms with E-state index in [2.05, 4.69) is 49.8 Å². The standard InChI is InChI=1S/C13H21NS.C4H9N/c1-4-5-10-15-14-12(3)13-8-6-11(2)7-9-13;5-3-4-1-2-4/h6-9,12,14H,4-5,10H2,1-3H3;4H,1-3,5H2/t12-;/m0./s1. The lowest BCUT2D eigenvalue weighted by Gasteiger charge is -2.13. The molecule has 0 aliphatic heterocycles. The molecule has 1 aliphatic carbocycles. The Morgan fingerprint density at radius 3 is 2.40 bits per heavy atom. The molecule has 1 fully saturated rings. The van der Waals surface area contributed by atoms with Crippen molar-refractivity contribution in [3.8, 4) is 0 Å². The summed E-state index contributed by atoms with van der Waals surface area (Å²) in [6, 6.07) is 9.18. The monoisotopic (exact) mass is 294 g/mol. The van der Waals surface area contributed by atoms with Crippen molar-refractivity contribution in [2.75, 3.05) is 12.3 Å². The minimum absolute atomic E-state index is 0.437. The molecule has 1 atom stereocenters. The van der Waals surface area contributed by atoms with Crippen molar-refractivity contribution in [2.45, 2.75) is 52.5 Å². The maximum atomic E-state index is 5.23. The van der Waals surface area contributed by atoms with Crippen LogP contribution in [0.5, 0.6) is 0 Å². The van der Waals surface area contributed by atoms with E-state index in [9.17, 15) is 0 Å². The van der Waals surface area contributed by atoms with Crippen molar-refractivity contribution in [2.24, 2.45) is 11.7 Å². The molecule has 1 saturated carbocycles. The van der Waals surface area contributed by atoms with Crippen LogP contribution in [0, 0.1) is 12.8 Å². The van der Waals surface area contributed by atoms with E-state index < -0.39 is 0 Å². The van der Waals surface area contributed by atoms with Crippen LogP contribution in [0.2, 0.25) is 0 Å². The highest BCUT2D eigenvalue weighted by molar-refractivity contribution is 7.97. The van der Waals surface area contributed by atoms with Gasteiger partial charge in [0.05, 0.1) is 0 Å². The van der Waals surface area contributed by atoms with Crippen LogP contribution in [0.4, 0.5) is 0 Å². The van der Waals surface area contributed by atoms with E-state index in [0.717, 1.165) is 12.5 Å². The van der Waals surface area contributed by atoms with Gasteiger partial charge in [-0.1, -0.05) is 55.1 Å². The van der Waals surface area contributed by atoms with Crippen molar-refractivity contribution in [3.05, 3.63) is 35.4 Å². The fourth-order valence-corrected chi connectivity index (χ4v) is 2.61. The molecule has 0 heterocycles. The molecular formula is C17H30N2S. The Morgan fingerprint density at radius 2 is 1.95 bits per heavy atom. The Balaban J connectivity index is 0.000000333. The lowest BCUT2D eigenvalue weighted by atomic mass is 10.1. The van der Waals surface area contributed by atoms with Crippen LogP contribution in [0.3, 0.4) is 0 Å². The van der Waals surface area contributed by atoms with Crippen LogP contribution in [0.25, 0.3) is 0 Å². The minimum Gasteiger partial charge on any atom is -0.330 e. The molecule has 0 aromatic heterocycles. The van der Waals surface area contributed by atoms with Crippen LogP contribution in [0.15, 0.2) is 24.3 Å². The number of hydrogen-bond acceptors (Lipinski definition) is 3. The maximum Gasteiger partial charge on any atom is 0.0393 e. The zero-order valence-electron chi connectivity index (χ0n) is 13.2. The van der Waals surface area contributed by atoms with E-state index in [1.165, 1.54) is 42.6 Å². The summed E-state index contributed by atoms with van der Waals surface area (Å²) in [4.78, 5) is 0. The van der Waals surface area contributed by atoms with Crippen molar-refractivity contribution in [1.29, 1.82) is 0 Å². The Kier molecular flexibility index (Phi) is 8.99. The quantitative estimate of drug-likeness (QED) is 0.576. The second-order valence-electron chi connectivity index (χ2n) is 5.63. The summed E-state index contributed by atoms with van der Waals surface area (Å²) in [6.45, 7) is 7.48. The average Bonchev–Trinajstić information content (AvgIpc) is 3.29. The molecule has 20 heavy (non-hydrogen) atoms. The van der Waals surface area contributed by atoms with Gasteiger partial charge >= 0.3 is 0 Å². The van der Waals surface area contributed by atoms with E-state index >= 15 is 0 Å². The number of nitrogens with two attached hydrogens (primary N) is 1. The third-order valence-corrected chi connectivity index (χ3v) is 4.48. The molecule has 3 N–H and O–H groups in total. The number of unbranched alkanes of at least 4 members (excludes halogenated alkanes) is 1. The van der Waals surface area contributed by atoms with Gasteiger partial charge in [-0.2, -0.15) is 0 Å². The van der Waals surface area contributed by atoms with E-state index in [4.69, 9.17) is 5.73 Å². The highest BCUT2D eigenvalue weighted by atomic mass is 32.2. The van der Waals surface area contributed by atoms with Gasteiger partial charge in [-0.3, -0.25) is 4.72 Å². The summed E-state index contributed by atoms with van der Waals surface area (Å²) in [6.07, 6.45) is 5.33. The van der Waals surface area contributed by atoms with E-state index in [0.29, 0.717) is 6.04 Å². The fourth-order valence-electron chi connectivity index (χ4n) is 1.68. The molecule has 0 bridgehead atoms. The molecule has 1 aromatic carbocycles. The average molecular weight is 295 g/mol. The summed E-state index contributed by atoms with van der Waals surface area (Å²) >= 11 is 1.83. The van der Waals surface area contributed by atoms with E-state index in [1.54, 1.807) is 0 Å². The van der Waals surface area contributed by atoms with Crippen LogP contribution < -0.4 is 10.5 Å². The summed E-state index contributed by atoms with van der Waals surface area (Å²) in [5.41, 5.74) is 7.92. The molecule has 0 saturated heterocycles. The Morgan fingerprint density at radius 1 is 1.30 bits per heavy atom. The molecule has 2 rings (SSSR count). The van der Waals surface area contributed by atoms with Crippen LogP contribution in [-0.4, -0.2) is 12.3 Å². The maximum absolute atomic E-state index is 5.23. The topological polar surface area (TPSA) is 38.0 Å². The first-order valence-electron chi connectivity index (χ1n) is 7.81. The molecule has 1 aliphatic rings. The fraction of sp³-hybridized carbons (Fsp3) is 0.647. The first kappa shape index (κ1) is 17.5. The van der Waals surface area contributed by atoms with Gasteiger partial charge in [0.25, 0.3) is 0 Å². The number of rotatable bonds is 7. The van der Waals surface area contributed by atoms with Crippen LogP contribution >= 0.6 is 11.9 Å². The smallest absolute Gasteiger partial charge is 0.0393 e. The van der Waals surface area contributed by atoms with E-state index in [-0.39, 0.29) is 0 Å². The van der Waals surface area contributed by atoms with Gasteiger partial charge in [-0.25, -0.2) is 0 Å². The number of aryl methyl sites for hydroxylation is 1. The molecule has 0 spiro atoms. The Hall–Kier alpha value is -0.510. The van der Waals surface area contributed by atoms with Gasteiger partial charge in [0.15, 0.2) is 0 Å². The molecule has 1 aromatic rings. The van der Waals surface area contributed by atoms with Crippen molar-refractivity contribution < 1.29 is 0 Å². The summed E-state index contributed by atoms with van der Waals surface area (Å²) in [7, 11) is 0. The third-order valence-electron chi connectivity index (χ3n) is 3.47. The summed E-state index contributed by atoms with van der Waals surface area (Å²) in [5, 5.41) is 0. The highest BCUT2D eigenvalue weighted by Gasteiger charge is 2.17. The van der Waals surface area contributed by atoms with Gasteiger partial charge in [-0.05, 0) is 51.1 Å². The molecule has 3 heteroatoms. The van der Waals surface area contributed by atoms with Crippen LogP contribution in [-0.2, 0) is 0 Å².